The number of aromatic amines is 1. The first kappa shape index (κ1) is 11.6. The molecule has 1 saturated heterocycles. The summed E-state index contributed by atoms with van der Waals surface area (Å²) in [7, 11) is 0. The lowest BCUT2D eigenvalue weighted by molar-refractivity contribution is 0.0517. The van der Waals surface area contributed by atoms with E-state index < -0.39 is 0 Å². The summed E-state index contributed by atoms with van der Waals surface area (Å²) in [5.41, 5.74) is 3.24. The number of esters is 1. The largest absolute Gasteiger partial charge is 0.461 e. The van der Waals surface area contributed by atoms with E-state index in [1.165, 1.54) is 22.6 Å². The molecule has 0 amide bonds. The van der Waals surface area contributed by atoms with Crippen molar-refractivity contribution in [3.05, 3.63) is 35.2 Å². The first-order valence-corrected chi connectivity index (χ1v) is 8.11. The topological polar surface area (TPSA) is 42.1 Å². The molecular weight excluding hydrogens is 258 g/mol. The molecule has 0 saturated carbocycles. The third kappa shape index (κ3) is 1.49. The molecule has 1 aromatic rings. The number of rotatable bonds is 2. The Morgan fingerprint density at radius 1 is 1.37 bits per heavy atom. The minimum absolute atomic E-state index is 0.202. The summed E-state index contributed by atoms with van der Waals surface area (Å²) < 4.78 is 5.17. The maximum Gasteiger partial charge on any atom is 0.355 e. The molecule has 0 aromatic carbocycles. The summed E-state index contributed by atoms with van der Waals surface area (Å²) in [6, 6.07) is 0. The van der Waals surface area contributed by atoms with Crippen LogP contribution >= 0.6 is 11.8 Å². The van der Waals surface area contributed by atoms with Crippen LogP contribution in [0.4, 0.5) is 0 Å². The summed E-state index contributed by atoms with van der Waals surface area (Å²) in [4.78, 5) is 15.2. The number of carbonyl (C=O) groups is 1. The number of nitrogens with one attached hydrogen (secondary N) is 1. The number of thioether (sulfide) groups is 1. The minimum atomic E-state index is -0.202. The summed E-state index contributed by atoms with van der Waals surface area (Å²) in [6.45, 7) is 2.28. The summed E-state index contributed by atoms with van der Waals surface area (Å²) >= 11 is 2.06. The Balaban J connectivity index is 1.80. The number of carbonyl (C=O) groups excluding carboxylic acids is 1. The Bertz CT molecular complexity index is 562. The Hall–Kier alpha value is -1.16. The fourth-order valence-corrected chi connectivity index (χ4v) is 5.54. The Morgan fingerprint density at radius 3 is 2.89 bits per heavy atom. The third-order valence-electron chi connectivity index (χ3n) is 4.74. The number of hydrogen-bond donors (Lipinski definition) is 1. The standard InChI is InChI=1S/C15H17NO2S/c1-2-18-15(17)14-13-9-4-3-8(10(13)5-16-14)11-6-19-7-12(9)11/h3-5,8-9,11-12,16H,2,6-7H2,1H3/t8-,9-,11-,12+/m0/s1. The molecule has 4 aliphatic rings. The van der Waals surface area contributed by atoms with Crippen molar-refractivity contribution in [2.45, 2.75) is 18.8 Å². The van der Waals surface area contributed by atoms with Crippen molar-refractivity contribution in [2.75, 3.05) is 18.1 Å². The minimum Gasteiger partial charge on any atom is -0.461 e. The molecule has 1 fully saturated rings. The van der Waals surface area contributed by atoms with Gasteiger partial charge >= 0.3 is 5.97 Å². The predicted molar refractivity (Wildman–Crippen MR) is 75.7 cm³/mol. The van der Waals surface area contributed by atoms with Crippen molar-refractivity contribution in [3.8, 4) is 0 Å². The van der Waals surface area contributed by atoms with Crippen molar-refractivity contribution in [1.82, 2.24) is 4.98 Å². The molecule has 0 spiro atoms. The van der Waals surface area contributed by atoms with Crippen LogP contribution in [-0.4, -0.2) is 29.1 Å². The van der Waals surface area contributed by atoms with Gasteiger partial charge in [0.25, 0.3) is 0 Å². The molecule has 1 aromatic heterocycles. The van der Waals surface area contributed by atoms with E-state index in [9.17, 15) is 4.79 Å². The lowest BCUT2D eigenvalue weighted by Gasteiger charge is -2.41. The highest BCUT2D eigenvalue weighted by atomic mass is 32.2. The Labute approximate surface area is 116 Å². The van der Waals surface area contributed by atoms with Crippen molar-refractivity contribution >= 4 is 17.7 Å². The molecule has 100 valence electrons. The van der Waals surface area contributed by atoms with Crippen molar-refractivity contribution in [3.63, 3.8) is 0 Å². The van der Waals surface area contributed by atoms with Gasteiger partial charge in [-0.25, -0.2) is 4.79 Å². The summed E-state index contributed by atoms with van der Waals surface area (Å²) in [6.07, 6.45) is 6.70. The first-order chi connectivity index (χ1) is 9.31. The molecule has 4 atom stereocenters. The first-order valence-electron chi connectivity index (χ1n) is 6.95. The van der Waals surface area contributed by atoms with Gasteiger partial charge < -0.3 is 9.72 Å². The van der Waals surface area contributed by atoms with Gasteiger partial charge in [-0.1, -0.05) is 12.2 Å². The SMILES string of the molecule is CCOC(=O)c1[nH]cc2c1[C@H]1C=C[C@@H]2[C@@H]2CSC[C@@H]21. The molecule has 4 heteroatoms. The lowest BCUT2D eigenvalue weighted by atomic mass is 9.61. The van der Waals surface area contributed by atoms with Crippen LogP contribution in [0, 0.1) is 11.8 Å². The van der Waals surface area contributed by atoms with Crippen LogP contribution in [0.2, 0.25) is 0 Å². The normalized spacial score (nSPS) is 34.2. The fourth-order valence-electron chi connectivity index (χ4n) is 3.95. The van der Waals surface area contributed by atoms with E-state index >= 15 is 0 Å². The van der Waals surface area contributed by atoms with Gasteiger partial charge in [0.1, 0.15) is 5.69 Å². The van der Waals surface area contributed by atoms with Crippen LogP contribution in [-0.2, 0) is 4.74 Å². The van der Waals surface area contributed by atoms with E-state index in [0.29, 0.717) is 30.1 Å². The van der Waals surface area contributed by atoms with Crippen LogP contribution in [0.3, 0.4) is 0 Å². The number of allylic oxidation sites excluding steroid dienone is 2. The smallest absolute Gasteiger partial charge is 0.355 e. The van der Waals surface area contributed by atoms with E-state index in [0.717, 1.165) is 5.92 Å². The number of aromatic nitrogens is 1. The zero-order chi connectivity index (χ0) is 13.0. The van der Waals surface area contributed by atoms with E-state index in [4.69, 9.17) is 4.74 Å². The molecule has 3 nitrogen and oxygen atoms in total. The van der Waals surface area contributed by atoms with Gasteiger partial charge in [0.2, 0.25) is 0 Å². The average molecular weight is 275 g/mol. The highest BCUT2D eigenvalue weighted by molar-refractivity contribution is 7.99. The maximum atomic E-state index is 12.1. The molecule has 2 bridgehead atoms. The second-order valence-corrected chi connectivity index (χ2v) is 6.63. The van der Waals surface area contributed by atoms with Gasteiger partial charge in [-0.05, 0) is 41.4 Å². The molecule has 2 heterocycles. The molecule has 1 aliphatic heterocycles. The summed E-state index contributed by atoms with van der Waals surface area (Å²) in [5.74, 6) is 4.66. The van der Waals surface area contributed by atoms with E-state index in [1.807, 2.05) is 13.1 Å². The monoisotopic (exact) mass is 275 g/mol. The highest BCUT2D eigenvalue weighted by Gasteiger charge is 2.48. The van der Waals surface area contributed by atoms with Crippen molar-refractivity contribution < 1.29 is 9.53 Å². The molecule has 0 radical (unpaired) electrons. The molecule has 5 rings (SSSR count). The van der Waals surface area contributed by atoms with Gasteiger partial charge in [0.05, 0.1) is 6.61 Å². The third-order valence-corrected chi connectivity index (χ3v) is 5.98. The Morgan fingerprint density at radius 2 is 2.11 bits per heavy atom. The zero-order valence-corrected chi connectivity index (χ0v) is 11.7. The van der Waals surface area contributed by atoms with Crippen LogP contribution in [0.1, 0.15) is 40.4 Å². The molecule has 0 unspecified atom stereocenters. The van der Waals surface area contributed by atoms with Crippen LogP contribution in [0.15, 0.2) is 18.3 Å². The number of H-pyrrole nitrogens is 1. The van der Waals surface area contributed by atoms with Gasteiger partial charge in [0, 0.05) is 18.0 Å². The second kappa shape index (κ2) is 4.17. The highest BCUT2D eigenvalue weighted by Crippen LogP contribution is 2.57. The second-order valence-electron chi connectivity index (χ2n) is 5.55. The lowest BCUT2D eigenvalue weighted by Crippen LogP contribution is -2.34. The zero-order valence-electron chi connectivity index (χ0n) is 10.9. The average Bonchev–Trinajstić information content (AvgIpc) is 3.07. The molecular formula is C15H17NO2S. The van der Waals surface area contributed by atoms with Gasteiger partial charge in [-0.15, -0.1) is 0 Å². The quantitative estimate of drug-likeness (QED) is 0.666. The van der Waals surface area contributed by atoms with E-state index in [2.05, 4.69) is 28.9 Å². The van der Waals surface area contributed by atoms with Crippen LogP contribution in [0.5, 0.6) is 0 Å². The fraction of sp³-hybridized carbons (Fsp3) is 0.533. The number of ether oxygens (including phenoxy) is 1. The maximum absolute atomic E-state index is 12.1. The van der Waals surface area contributed by atoms with Crippen molar-refractivity contribution in [1.29, 1.82) is 0 Å². The number of hydrogen-bond acceptors (Lipinski definition) is 3. The molecule has 1 N–H and O–H groups in total. The molecule has 3 aliphatic carbocycles. The summed E-state index contributed by atoms with van der Waals surface area (Å²) in [5, 5.41) is 0. The van der Waals surface area contributed by atoms with Crippen molar-refractivity contribution in [2.24, 2.45) is 11.8 Å². The van der Waals surface area contributed by atoms with Gasteiger partial charge in [-0.2, -0.15) is 11.8 Å². The molecule has 19 heavy (non-hydrogen) atoms. The predicted octanol–water partition coefficient (Wildman–Crippen LogP) is 2.92. The van der Waals surface area contributed by atoms with Crippen LogP contribution < -0.4 is 0 Å². The Kier molecular flexibility index (Phi) is 2.56. The van der Waals surface area contributed by atoms with E-state index in [1.54, 1.807) is 0 Å². The van der Waals surface area contributed by atoms with Gasteiger partial charge in [0.15, 0.2) is 0 Å². The van der Waals surface area contributed by atoms with E-state index in [-0.39, 0.29) is 5.97 Å². The van der Waals surface area contributed by atoms with Crippen LogP contribution in [0.25, 0.3) is 0 Å². The van der Waals surface area contributed by atoms with Gasteiger partial charge in [-0.3, -0.25) is 0 Å².